The summed E-state index contributed by atoms with van der Waals surface area (Å²) < 4.78 is 10.6. The Labute approximate surface area is 149 Å². The first-order valence-electron chi connectivity index (χ1n) is 8.83. The van der Waals surface area contributed by atoms with E-state index in [2.05, 4.69) is 10.2 Å². The van der Waals surface area contributed by atoms with E-state index in [0.29, 0.717) is 18.0 Å². The van der Waals surface area contributed by atoms with E-state index in [4.69, 9.17) is 9.47 Å². The molecular weight excluding hydrogens is 320 g/mol. The van der Waals surface area contributed by atoms with Crippen molar-refractivity contribution in [2.45, 2.75) is 33.4 Å². The summed E-state index contributed by atoms with van der Waals surface area (Å²) in [5, 5.41) is 2.76. The van der Waals surface area contributed by atoms with E-state index in [1.807, 2.05) is 26.0 Å². The van der Waals surface area contributed by atoms with Crippen LogP contribution in [0.2, 0.25) is 0 Å². The lowest BCUT2D eigenvalue weighted by Crippen LogP contribution is -2.37. The van der Waals surface area contributed by atoms with Gasteiger partial charge >= 0.3 is 5.97 Å². The molecular formula is C19H28N2O4. The van der Waals surface area contributed by atoms with E-state index in [9.17, 15) is 9.59 Å². The Hall–Kier alpha value is -1.92. The lowest BCUT2D eigenvalue weighted by atomic mass is 10.1. The van der Waals surface area contributed by atoms with Gasteiger partial charge in [0.1, 0.15) is 0 Å². The first-order valence-corrected chi connectivity index (χ1v) is 8.83. The fourth-order valence-corrected chi connectivity index (χ4v) is 2.49. The smallest absolute Gasteiger partial charge is 0.338 e. The Morgan fingerprint density at radius 3 is 2.40 bits per heavy atom. The van der Waals surface area contributed by atoms with Crippen molar-refractivity contribution < 1.29 is 19.1 Å². The highest BCUT2D eigenvalue weighted by atomic mass is 16.5. The number of benzene rings is 1. The Balaban J connectivity index is 1.83. The molecule has 1 aliphatic rings. The molecule has 1 saturated heterocycles. The van der Waals surface area contributed by atoms with Crippen LogP contribution in [0.4, 0.5) is 0 Å². The molecule has 0 spiro atoms. The van der Waals surface area contributed by atoms with Crippen molar-refractivity contribution in [3.8, 4) is 0 Å². The van der Waals surface area contributed by atoms with Gasteiger partial charge in [-0.2, -0.15) is 0 Å². The molecule has 25 heavy (non-hydrogen) atoms. The minimum atomic E-state index is -0.806. The summed E-state index contributed by atoms with van der Waals surface area (Å²) in [7, 11) is 0. The third kappa shape index (κ3) is 6.48. The topological polar surface area (TPSA) is 67.9 Å². The van der Waals surface area contributed by atoms with Gasteiger partial charge in [-0.25, -0.2) is 4.79 Å². The van der Waals surface area contributed by atoms with E-state index in [-0.39, 0.29) is 5.91 Å². The van der Waals surface area contributed by atoms with Crippen LogP contribution in [0, 0.1) is 5.92 Å². The van der Waals surface area contributed by atoms with E-state index < -0.39 is 12.1 Å². The number of nitrogens with zero attached hydrogens (tertiary/aromatic N) is 1. The Morgan fingerprint density at radius 1 is 1.16 bits per heavy atom. The first kappa shape index (κ1) is 19.4. The zero-order valence-electron chi connectivity index (χ0n) is 15.3. The molecule has 6 heteroatoms. The van der Waals surface area contributed by atoms with Crippen LogP contribution in [-0.4, -0.2) is 55.7 Å². The summed E-state index contributed by atoms with van der Waals surface area (Å²) in [5.41, 5.74) is 1.59. The molecule has 0 aliphatic carbocycles. The first-order chi connectivity index (χ1) is 12.0. The second kappa shape index (κ2) is 9.53. The van der Waals surface area contributed by atoms with Gasteiger partial charge in [-0.05, 0) is 30.5 Å². The fourth-order valence-electron chi connectivity index (χ4n) is 2.49. The number of morpholine rings is 1. The van der Waals surface area contributed by atoms with Crippen LogP contribution in [-0.2, 0) is 20.8 Å². The second-order valence-corrected chi connectivity index (χ2v) is 6.77. The lowest BCUT2D eigenvalue weighted by Gasteiger charge is -2.26. The minimum Gasteiger partial charge on any atom is -0.449 e. The molecule has 138 valence electrons. The zero-order chi connectivity index (χ0) is 18.2. The molecule has 1 amide bonds. The number of carbonyl (C=O) groups excluding carboxylic acids is 2. The Kier molecular flexibility index (Phi) is 7.40. The number of ether oxygens (including phenoxy) is 2. The number of carbonyl (C=O) groups is 2. The van der Waals surface area contributed by atoms with E-state index >= 15 is 0 Å². The average molecular weight is 348 g/mol. The summed E-state index contributed by atoms with van der Waals surface area (Å²) in [5.74, 6) is -0.401. The van der Waals surface area contributed by atoms with E-state index in [1.165, 1.54) is 0 Å². The normalized spacial score (nSPS) is 16.5. The molecule has 0 saturated carbocycles. The van der Waals surface area contributed by atoms with Gasteiger partial charge in [-0.3, -0.25) is 9.69 Å². The Morgan fingerprint density at radius 2 is 1.80 bits per heavy atom. The van der Waals surface area contributed by atoms with Crippen molar-refractivity contribution >= 4 is 11.9 Å². The molecule has 1 aromatic rings. The number of hydrogen-bond acceptors (Lipinski definition) is 5. The molecule has 1 heterocycles. The van der Waals surface area contributed by atoms with Crippen LogP contribution >= 0.6 is 0 Å². The van der Waals surface area contributed by atoms with Crippen LogP contribution in [0.5, 0.6) is 0 Å². The highest BCUT2D eigenvalue weighted by molar-refractivity contribution is 5.92. The van der Waals surface area contributed by atoms with E-state index in [1.54, 1.807) is 19.1 Å². The molecule has 0 radical (unpaired) electrons. The Bertz CT molecular complexity index is 565. The van der Waals surface area contributed by atoms with Gasteiger partial charge < -0.3 is 14.8 Å². The summed E-state index contributed by atoms with van der Waals surface area (Å²) in [4.78, 5) is 26.4. The molecule has 1 aliphatic heterocycles. The van der Waals surface area contributed by atoms with Gasteiger partial charge in [0.05, 0.1) is 18.8 Å². The van der Waals surface area contributed by atoms with Crippen molar-refractivity contribution in [2.24, 2.45) is 5.92 Å². The summed E-state index contributed by atoms with van der Waals surface area (Å²) >= 11 is 0. The number of rotatable bonds is 7. The predicted octanol–water partition coefficient (Wildman–Crippen LogP) is 1.84. The van der Waals surface area contributed by atoms with Gasteiger partial charge in [-0.15, -0.1) is 0 Å². The van der Waals surface area contributed by atoms with Gasteiger partial charge in [0, 0.05) is 26.2 Å². The van der Waals surface area contributed by atoms with Crippen LogP contribution in [0.3, 0.4) is 0 Å². The van der Waals surface area contributed by atoms with Gasteiger partial charge in [0.2, 0.25) is 0 Å². The third-order valence-corrected chi connectivity index (χ3v) is 4.04. The maximum Gasteiger partial charge on any atom is 0.338 e. The summed E-state index contributed by atoms with van der Waals surface area (Å²) in [6.07, 6.45) is -0.806. The standard InChI is InChI=1S/C19H28N2O4/c1-14(2)12-20-18(22)15(3)25-19(23)17-6-4-16(5-7-17)13-21-8-10-24-11-9-21/h4-7,14-15H,8-13H2,1-3H3,(H,20,22)/t15-/m1/s1. The SMILES string of the molecule is CC(C)CNC(=O)[C@@H](C)OC(=O)c1ccc(CN2CCOCC2)cc1. The van der Waals surface area contributed by atoms with Crippen LogP contribution < -0.4 is 5.32 Å². The highest BCUT2D eigenvalue weighted by Gasteiger charge is 2.19. The molecule has 1 N–H and O–H groups in total. The third-order valence-electron chi connectivity index (χ3n) is 4.04. The maximum atomic E-state index is 12.2. The van der Waals surface area contributed by atoms with Gasteiger partial charge in [0.15, 0.2) is 6.10 Å². The average Bonchev–Trinajstić information content (AvgIpc) is 2.61. The molecule has 1 fully saturated rings. The van der Waals surface area contributed by atoms with E-state index in [0.717, 1.165) is 38.4 Å². The molecule has 0 aromatic heterocycles. The number of esters is 1. The number of hydrogen-bond donors (Lipinski definition) is 1. The van der Waals surface area contributed by atoms with Crippen molar-refractivity contribution in [3.63, 3.8) is 0 Å². The van der Waals surface area contributed by atoms with Crippen LogP contribution in [0.1, 0.15) is 36.7 Å². The molecule has 1 atom stereocenters. The maximum absolute atomic E-state index is 12.2. The summed E-state index contributed by atoms with van der Waals surface area (Å²) in [6.45, 7) is 10.4. The van der Waals surface area contributed by atoms with Crippen LogP contribution in [0.25, 0.3) is 0 Å². The van der Waals surface area contributed by atoms with Crippen LogP contribution in [0.15, 0.2) is 24.3 Å². The summed E-state index contributed by atoms with van der Waals surface area (Å²) in [6, 6.07) is 7.35. The van der Waals surface area contributed by atoms with Crippen molar-refractivity contribution in [2.75, 3.05) is 32.8 Å². The molecule has 0 bridgehead atoms. The lowest BCUT2D eigenvalue weighted by molar-refractivity contribution is -0.129. The van der Waals surface area contributed by atoms with Crippen molar-refractivity contribution in [1.29, 1.82) is 0 Å². The van der Waals surface area contributed by atoms with Gasteiger partial charge in [0.25, 0.3) is 5.91 Å². The number of amides is 1. The van der Waals surface area contributed by atoms with Gasteiger partial charge in [-0.1, -0.05) is 26.0 Å². The molecule has 2 rings (SSSR count). The molecule has 0 unspecified atom stereocenters. The molecule has 1 aromatic carbocycles. The van der Waals surface area contributed by atoms with Crippen molar-refractivity contribution in [1.82, 2.24) is 10.2 Å². The molecule has 6 nitrogen and oxygen atoms in total. The fraction of sp³-hybridized carbons (Fsp3) is 0.579. The van der Waals surface area contributed by atoms with Crippen molar-refractivity contribution in [3.05, 3.63) is 35.4 Å². The predicted molar refractivity (Wildman–Crippen MR) is 95.3 cm³/mol. The minimum absolute atomic E-state index is 0.272. The monoisotopic (exact) mass is 348 g/mol. The number of nitrogens with one attached hydrogen (secondary N) is 1. The zero-order valence-corrected chi connectivity index (χ0v) is 15.3. The highest BCUT2D eigenvalue weighted by Crippen LogP contribution is 2.11. The largest absolute Gasteiger partial charge is 0.449 e. The quantitative estimate of drug-likeness (QED) is 0.762. The second-order valence-electron chi connectivity index (χ2n) is 6.77.